The summed E-state index contributed by atoms with van der Waals surface area (Å²) < 4.78 is 6.55. The number of carboxylic acids is 1. The van der Waals surface area contributed by atoms with E-state index in [0.29, 0.717) is 18.6 Å². The Hall–Kier alpha value is -1.93. The zero-order valence-corrected chi connectivity index (χ0v) is 10.5. The number of hydrogen-bond acceptors (Lipinski definition) is 5. The fourth-order valence-corrected chi connectivity index (χ4v) is 1.91. The van der Waals surface area contributed by atoms with Gasteiger partial charge in [0.25, 0.3) is 0 Å². The number of ether oxygens (including phenoxy) is 1. The number of amides is 1. The van der Waals surface area contributed by atoms with Crippen LogP contribution in [0.5, 0.6) is 0 Å². The maximum atomic E-state index is 12.1. The fraction of sp³-hybridized carbons (Fsp3) is 0.545. The molecule has 0 spiro atoms. The number of nitrogens with zero attached hydrogens (tertiary/aromatic N) is 2. The topological polar surface area (TPSA) is 119 Å². The summed E-state index contributed by atoms with van der Waals surface area (Å²) >= 11 is 0. The molecule has 8 nitrogen and oxygen atoms in total. The van der Waals surface area contributed by atoms with E-state index < -0.39 is 23.5 Å². The zero-order chi connectivity index (χ0) is 14.0. The van der Waals surface area contributed by atoms with E-state index in [4.69, 9.17) is 10.5 Å². The van der Waals surface area contributed by atoms with Gasteiger partial charge < -0.3 is 20.9 Å². The average molecular weight is 268 g/mol. The highest BCUT2D eigenvalue weighted by Crippen LogP contribution is 2.18. The second-order valence-electron chi connectivity index (χ2n) is 4.65. The molecule has 1 saturated heterocycles. The maximum Gasteiger partial charge on any atom is 0.331 e. The summed E-state index contributed by atoms with van der Waals surface area (Å²) in [5.41, 5.74) is 5.12. The monoisotopic (exact) mass is 268 g/mol. The Kier molecular flexibility index (Phi) is 3.54. The molecular formula is C11H16N4O4. The summed E-state index contributed by atoms with van der Waals surface area (Å²) in [5.74, 6) is -1.69. The van der Waals surface area contributed by atoms with Crippen LogP contribution in [0.2, 0.25) is 0 Å². The molecule has 2 atom stereocenters. The number of carbonyl (C=O) groups is 2. The van der Waals surface area contributed by atoms with E-state index in [9.17, 15) is 14.7 Å². The largest absolute Gasteiger partial charge is 0.479 e. The summed E-state index contributed by atoms with van der Waals surface area (Å²) in [7, 11) is 1.67. The first-order valence-corrected chi connectivity index (χ1v) is 5.81. The summed E-state index contributed by atoms with van der Waals surface area (Å²) in [5, 5.41) is 15.5. The van der Waals surface area contributed by atoms with Gasteiger partial charge in [0.1, 0.15) is 5.54 Å². The predicted molar refractivity (Wildman–Crippen MR) is 64.1 cm³/mol. The molecule has 19 heavy (non-hydrogen) atoms. The van der Waals surface area contributed by atoms with Gasteiger partial charge in [-0.25, -0.2) is 4.79 Å². The lowest BCUT2D eigenvalue weighted by Crippen LogP contribution is -2.55. The minimum Gasteiger partial charge on any atom is -0.479 e. The minimum atomic E-state index is -1.16. The number of carboxylic acid groups (broad SMARTS) is 1. The second kappa shape index (κ2) is 4.98. The minimum absolute atomic E-state index is 0.0954. The molecule has 104 valence electrons. The molecule has 4 N–H and O–H groups in total. The Balaban J connectivity index is 2.13. The van der Waals surface area contributed by atoms with Crippen LogP contribution in [0.25, 0.3) is 0 Å². The van der Waals surface area contributed by atoms with Gasteiger partial charge in [0.2, 0.25) is 5.91 Å². The number of aryl methyl sites for hydroxylation is 1. The zero-order valence-electron chi connectivity index (χ0n) is 10.5. The number of aliphatic carboxylic acids is 1. The molecule has 0 radical (unpaired) electrons. The van der Waals surface area contributed by atoms with Crippen LogP contribution < -0.4 is 11.1 Å². The molecule has 2 rings (SSSR count). The number of rotatable bonds is 4. The normalized spacial score (nSPS) is 24.1. The van der Waals surface area contributed by atoms with E-state index in [1.54, 1.807) is 7.05 Å². The van der Waals surface area contributed by atoms with E-state index in [2.05, 4.69) is 10.4 Å². The number of aromatic nitrogens is 2. The first-order chi connectivity index (χ1) is 8.92. The van der Waals surface area contributed by atoms with Crippen molar-refractivity contribution in [1.82, 2.24) is 15.1 Å². The third kappa shape index (κ3) is 2.74. The molecule has 2 unspecified atom stereocenters. The van der Waals surface area contributed by atoms with Crippen LogP contribution in [0.4, 0.5) is 0 Å². The second-order valence-corrected chi connectivity index (χ2v) is 4.65. The molecule has 0 aromatic carbocycles. The van der Waals surface area contributed by atoms with E-state index >= 15 is 0 Å². The van der Waals surface area contributed by atoms with Crippen LogP contribution in [0.15, 0.2) is 12.4 Å². The van der Waals surface area contributed by atoms with Crippen molar-refractivity contribution in [3.8, 4) is 0 Å². The van der Waals surface area contributed by atoms with Crippen molar-refractivity contribution in [1.29, 1.82) is 0 Å². The molecule has 0 saturated carbocycles. The number of nitrogens with two attached hydrogens (primary N) is 1. The smallest absolute Gasteiger partial charge is 0.331 e. The molecule has 1 aliphatic heterocycles. The van der Waals surface area contributed by atoms with Gasteiger partial charge in [0.05, 0.1) is 12.8 Å². The molecule has 0 aliphatic carbocycles. The van der Waals surface area contributed by atoms with Crippen molar-refractivity contribution in [2.45, 2.75) is 18.0 Å². The van der Waals surface area contributed by atoms with E-state index in [1.807, 2.05) is 0 Å². The van der Waals surface area contributed by atoms with Crippen molar-refractivity contribution >= 4 is 11.9 Å². The molecule has 8 heteroatoms. The van der Waals surface area contributed by atoms with E-state index in [-0.39, 0.29) is 6.61 Å². The Morgan fingerprint density at radius 1 is 1.68 bits per heavy atom. The van der Waals surface area contributed by atoms with Gasteiger partial charge in [-0.15, -0.1) is 0 Å². The molecule has 2 heterocycles. The molecule has 1 aromatic heterocycles. The van der Waals surface area contributed by atoms with Crippen LogP contribution >= 0.6 is 0 Å². The van der Waals surface area contributed by atoms with Crippen molar-refractivity contribution in [2.75, 3.05) is 13.2 Å². The molecular weight excluding hydrogens is 252 g/mol. The summed E-state index contributed by atoms with van der Waals surface area (Å²) in [4.78, 5) is 23.3. The van der Waals surface area contributed by atoms with Crippen molar-refractivity contribution in [2.24, 2.45) is 12.8 Å². The standard InChI is InChI=1S/C11H16N4O4/c1-15-5-7(4-13-15)8(9(16)17)14-10(18)11(12)2-3-19-6-11/h4-5,8H,2-3,6,12H2,1H3,(H,14,18)(H,16,17). The van der Waals surface area contributed by atoms with E-state index in [0.717, 1.165) is 0 Å². The fourth-order valence-electron chi connectivity index (χ4n) is 1.91. The van der Waals surface area contributed by atoms with E-state index in [1.165, 1.54) is 17.1 Å². The van der Waals surface area contributed by atoms with Gasteiger partial charge in [0.15, 0.2) is 6.04 Å². The number of hydrogen-bond donors (Lipinski definition) is 3. The Labute approximate surface area is 109 Å². The average Bonchev–Trinajstić information content (AvgIpc) is 2.95. The Morgan fingerprint density at radius 3 is 2.89 bits per heavy atom. The predicted octanol–water partition coefficient (Wildman–Crippen LogP) is -1.22. The van der Waals surface area contributed by atoms with Gasteiger partial charge in [-0.1, -0.05) is 0 Å². The highest BCUT2D eigenvalue weighted by Gasteiger charge is 2.40. The molecule has 1 aliphatic rings. The third-order valence-corrected chi connectivity index (χ3v) is 3.08. The lowest BCUT2D eigenvalue weighted by atomic mass is 9.98. The lowest BCUT2D eigenvalue weighted by Gasteiger charge is -2.23. The summed E-state index contributed by atoms with van der Waals surface area (Å²) in [6.45, 7) is 0.493. The van der Waals surface area contributed by atoms with Crippen molar-refractivity contribution < 1.29 is 19.4 Å². The van der Waals surface area contributed by atoms with Gasteiger partial charge in [-0.05, 0) is 6.42 Å². The van der Waals surface area contributed by atoms with Crippen LogP contribution in [0.3, 0.4) is 0 Å². The number of nitrogens with one attached hydrogen (secondary N) is 1. The van der Waals surface area contributed by atoms with Crippen molar-refractivity contribution in [3.63, 3.8) is 0 Å². The van der Waals surface area contributed by atoms with Crippen LogP contribution in [-0.4, -0.2) is 45.5 Å². The number of carbonyl (C=O) groups excluding carboxylic acids is 1. The Bertz CT molecular complexity index is 493. The highest BCUT2D eigenvalue weighted by molar-refractivity contribution is 5.90. The molecule has 1 fully saturated rings. The van der Waals surface area contributed by atoms with Crippen molar-refractivity contribution in [3.05, 3.63) is 18.0 Å². The first kappa shape index (κ1) is 13.5. The van der Waals surface area contributed by atoms with Gasteiger partial charge >= 0.3 is 5.97 Å². The molecule has 1 aromatic rings. The maximum absolute atomic E-state index is 12.1. The van der Waals surface area contributed by atoms with Crippen LogP contribution in [-0.2, 0) is 21.4 Å². The van der Waals surface area contributed by atoms with Crippen LogP contribution in [0.1, 0.15) is 18.0 Å². The SMILES string of the molecule is Cn1cc(C(NC(=O)C2(N)CCOC2)C(=O)O)cn1. The first-order valence-electron chi connectivity index (χ1n) is 5.81. The van der Waals surface area contributed by atoms with Gasteiger partial charge in [0, 0.05) is 25.4 Å². The molecule has 1 amide bonds. The van der Waals surface area contributed by atoms with Gasteiger partial charge in [-0.2, -0.15) is 5.10 Å². The van der Waals surface area contributed by atoms with Gasteiger partial charge in [-0.3, -0.25) is 9.48 Å². The summed E-state index contributed by atoms with van der Waals surface area (Å²) in [6, 6.07) is -1.16. The summed E-state index contributed by atoms with van der Waals surface area (Å²) in [6.07, 6.45) is 3.30. The third-order valence-electron chi connectivity index (χ3n) is 3.08. The highest BCUT2D eigenvalue weighted by atomic mass is 16.5. The lowest BCUT2D eigenvalue weighted by molar-refractivity contribution is -0.143. The van der Waals surface area contributed by atoms with Crippen LogP contribution in [0, 0.1) is 0 Å². The molecule has 0 bridgehead atoms. The Morgan fingerprint density at radius 2 is 2.42 bits per heavy atom. The quantitative estimate of drug-likeness (QED) is 0.629.